The Morgan fingerprint density at radius 1 is 1.38 bits per heavy atom. The van der Waals surface area contributed by atoms with Gasteiger partial charge in [-0.15, -0.1) is 0 Å². The van der Waals surface area contributed by atoms with Crippen LogP contribution in [0.5, 0.6) is 0 Å². The highest BCUT2D eigenvalue weighted by Crippen LogP contribution is 2.03. The molecule has 0 aliphatic rings. The van der Waals surface area contributed by atoms with Crippen molar-refractivity contribution >= 4 is 12.2 Å². The average Bonchev–Trinajstić information content (AvgIpc) is 2.21. The minimum absolute atomic E-state index is 0.759. The first kappa shape index (κ1) is 9.71. The molecule has 0 fully saturated rings. The third kappa shape index (κ3) is 3.23. The van der Waals surface area contributed by atoms with Crippen LogP contribution in [-0.2, 0) is 0 Å². The SMILES string of the molecule is CCN(/C=N/c1ccccn1)CC. The number of aliphatic imine (C=N–C) groups is 1. The summed E-state index contributed by atoms with van der Waals surface area (Å²) in [4.78, 5) is 10.5. The van der Waals surface area contributed by atoms with Crippen LogP contribution >= 0.6 is 0 Å². The fourth-order valence-electron chi connectivity index (χ4n) is 0.958. The second kappa shape index (κ2) is 5.30. The number of pyridine rings is 1. The van der Waals surface area contributed by atoms with E-state index < -0.39 is 0 Å². The number of hydrogen-bond donors (Lipinski definition) is 0. The maximum absolute atomic E-state index is 4.24. The third-order valence-electron chi connectivity index (χ3n) is 1.81. The number of aromatic nitrogens is 1. The van der Waals surface area contributed by atoms with Crippen LogP contribution in [-0.4, -0.2) is 29.3 Å². The zero-order valence-corrected chi connectivity index (χ0v) is 8.14. The molecule has 0 bridgehead atoms. The molecule has 0 amide bonds. The van der Waals surface area contributed by atoms with Gasteiger partial charge in [-0.25, -0.2) is 9.98 Å². The first-order chi connectivity index (χ1) is 6.36. The molecule has 0 saturated carbocycles. The Balaban J connectivity index is 2.57. The van der Waals surface area contributed by atoms with Gasteiger partial charge in [-0.3, -0.25) is 0 Å². The Labute approximate surface area is 79.1 Å². The van der Waals surface area contributed by atoms with Crippen LogP contribution in [0.15, 0.2) is 29.4 Å². The molecule has 1 aromatic rings. The standard InChI is InChI=1S/C10H15N3/c1-3-13(4-2)9-12-10-7-5-6-8-11-10/h5-9H,3-4H2,1-2H3/b12-9+. The largest absolute Gasteiger partial charge is 0.363 e. The second-order valence-corrected chi connectivity index (χ2v) is 2.65. The molecule has 0 atom stereocenters. The molecule has 1 heterocycles. The van der Waals surface area contributed by atoms with Crippen LogP contribution < -0.4 is 0 Å². The molecule has 3 nitrogen and oxygen atoms in total. The van der Waals surface area contributed by atoms with E-state index in [0.29, 0.717) is 0 Å². The fraction of sp³-hybridized carbons (Fsp3) is 0.400. The van der Waals surface area contributed by atoms with Crippen molar-refractivity contribution in [3.05, 3.63) is 24.4 Å². The predicted octanol–water partition coefficient (Wildman–Crippen LogP) is 2.08. The summed E-state index contributed by atoms with van der Waals surface area (Å²) < 4.78 is 0. The molecule has 1 rings (SSSR count). The first-order valence-electron chi connectivity index (χ1n) is 4.56. The lowest BCUT2D eigenvalue weighted by Crippen LogP contribution is -2.20. The van der Waals surface area contributed by atoms with Gasteiger partial charge in [-0.2, -0.15) is 0 Å². The van der Waals surface area contributed by atoms with Crippen molar-refractivity contribution in [2.45, 2.75) is 13.8 Å². The van der Waals surface area contributed by atoms with E-state index in [2.05, 4.69) is 28.7 Å². The molecule has 0 aliphatic heterocycles. The van der Waals surface area contributed by atoms with Gasteiger partial charge < -0.3 is 4.90 Å². The topological polar surface area (TPSA) is 28.5 Å². The number of nitrogens with zero attached hydrogens (tertiary/aromatic N) is 3. The van der Waals surface area contributed by atoms with E-state index in [1.54, 1.807) is 6.20 Å². The lowest BCUT2D eigenvalue weighted by atomic mass is 10.5. The summed E-state index contributed by atoms with van der Waals surface area (Å²) >= 11 is 0. The van der Waals surface area contributed by atoms with Crippen molar-refractivity contribution in [1.82, 2.24) is 9.88 Å². The number of rotatable bonds is 4. The van der Waals surface area contributed by atoms with Crippen LogP contribution in [0.3, 0.4) is 0 Å². The van der Waals surface area contributed by atoms with E-state index in [4.69, 9.17) is 0 Å². The molecular weight excluding hydrogens is 162 g/mol. The lowest BCUT2D eigenvalue weighted by Gasteiger charge is -2.12. The monoisotopic (exact) mass is 177 g/mol. The summed E-state index contributed by atoms with van der Waals surface area (Å²) in [5, 5.41) is 0. The van der Waals surface area contributed by atoms with Crippen molar-refractivity contribution in [2.24, 2.45) is 4.99 Å². The van der Waals surface area contributed by atoms with Gasteiger partial charge in [0.05, 0.1) is 6.34 Å². The average molecular weight is 177 g/mol. The summed E-state index contributed by atoms with van der Waals surface area (Å²) in [5.74, 6) is 0.759. The van der Waals surface area contributed by atoms with Gasteiger partial charge in [0.15, 0.2) is 5.82 Å². The van der Waals surface area contributed by atoms with Crippen molar-refractivity contribution in [1.29, 1.82) is 0 Å². The molecule has 1 aromatic heterocycles. The van der Waals surface area contributed by atoms with Gasteiger partial charge >= 0.3 is 0 Å². The van der Waals surface area contributed by atoms with Gasteiger partial charge in [0.1, 0.15) is 0 Å². The highest BCUT2D eigenvalue weighted by molar-refractivity contribution is 5.59. The van der Waals surface area contributed by atoms with E-state index in [1.807, 2.05) is 24.5 Å². The molecule has 0 aromatic carbocycles. The Morgan fingerprint density at radius 2 is 2.15 bits per heavy atom. The summed E-state index contributed by atoms with van der Waals surface area (Å²) in [6.45, 7) is 6.17. The molecule has 13 heavy (non-hydrogen) atoms. The van der Waals surface area contributed by atoms with Crippen LogP contribution in [0.4, 0.5) is 5.82 Å². The highest BCUT2D eigenvalue weighted by atomic mass is 15.1. The Morgan fingerprint density at radius 3 is 2.69 bits per heavy atom. The molecule has 70 valence electrons. The minimum atomic E-state index is 0.759. The van der Waals surface area contributed by atoms with E-state index in [0.717, 1.165) is 18.9 Å². The van der Waals surface area contributed by atoms with Crippen molar-refractivity contribution < 1.29 is 0 Å². The predicted molar refractivity (Wildman–Crippen MR) is 55.3 cm³/mol. The summed E-state index contributed by atoms with van der Waals surface area (Å²) in [6.07, 6.45) is 3.58. The first-order valence-corrected chi connectivity index (χ1v) is 4.56. The molecule has 0 aliphatic carbocycles. The van der Waals surface area contributed by atoms with E-state index in [9.17, 15) is 0 Å². The van der Waals surface area contributed by atoms with E-state index in [1.165, 1.54) is 0 Å². The Bertz CT molecular complexity index is 252. The van der Waals surface area contributed by atoms with Crippen molar-refractivity contribution in [3.63, 3.8) is 0 Å². The lowest BCUT2D eigenvalue weighted by molar-refractivity contribution is 0.479. The maximum Gasteiger partial charge on any atom is 0.153 e. The van der Waals surface area contributed by atoms with Gasteiger partial charge in [0.25, 0.3) is 0 Å². The summed E-state index contributed by atoms with van der Waals surface area (Å²) in [7, 11) is 0. The van der Waals surface area contributed by atoms with Crippen LogP contribution in [0.2, 0.25) is 0 Å². The van der Waals surface area contributed by atoms with E-state index >= 15 is 0 Å². The molecule has 3 heteroatoms. The van der Waals surface area contributed by atoms with Gasteiger partial charge in [-0.1, -0.05) is 6.07 Å². The minimum Gasteiger partial charge on any atom is -0.363 e. The smallest absolute Gasteiger partial charge is 0.153 e. The maximum atomic E-state index is 4.24. The van der Waals surface area contributed by atoms with Crippen LogP contribution in [0.1, 0.15) is 13.8 Å². The van der Waals surface area contributed by atoms with Crippen LogP contribution in [0.25, 0.3) is 0 Å². The number of hydrogen-bond acceptors (Lipinski definition) is 2. The quantitative estimate of drug-likeness (QED) is 0.520. The van der Waals surface area contributed by atoms with E-state index in [-0.39, 0.29) is 0 Å². The zero-order chi connectivity index (χ0) is 9.52. The Kier molecular flexibility index (Phi) is 3.96. The highest BCUT2D eigenvalue weighted by Gasteiger charge is 1.90. The van der Waals surface area contributed by atoms with Crippen molar-refractivity contribution in [2.75, 3.05) is 13.1 Å². The molecule has 0 unspecified atom stereocenters. The van der Waals surface area contributed by atoms with Crippen molar-refractivity contribution in [3.8, 4) is 0 Å². The zero-order valence-electron chi connectivity index (χ0n) is 8.14. The molecule has 0 radical (unpaired) electrons. The second-order valence-electron chi connectivity index (χ2n) is 2.65. The van der Waals surface area contributed by atoms with Gasteiger partial charge in [0, 0.05) is 19.3 Å². The summed E-state index contributed by atoms with van der Waals surface area (Å²) in [5.41, 5.74) is 0. The van der Waals surface area contributed by atoms with Gasteiger partial charge in [-0.05, 0) is 26.0 Å². The summed E-state index contributed by atoms with van der Waals surface area (Å²) in [6, 6.07) is 5.71. The third-order valence-corrected chi connectivity index (χ3v) is 1.81. The normalized spacial score (nSPS) is 10.6. The molecule has 0 N–H and O–H groups in total. The Hall–Kier alpha value is -1.38. The van der Waals surface area contributed by atoms with Gasteiger partial charge in [0.2, 0.25) is 0 Å². The van der Waals surface area contributed by atoms with Crippen LogP contribution in [0, 0.1) is 0 Å². The molecule has 0 saturated heterocycles. The fourth-order valence-corrected chi connectivity index (χ4v) is 0.958. The molecule has 0 spiro atoms. The molecular formula is C10H15N3.